The molecule has 4 nitrogen and oxygen atoms in total. The number of methoxy groups -OCH3 is 1. The molecule has 1 amide bonds. The normalized spacial score (nSPS) is 21.3. The number of carbonyl (C=O) groups excluding carboxylic acids is 1. The summed E-state index contributed by atoms with van der Waals surface area (Å²) in [7, 11) is 1.72. The van der Waals surface area contributed by atoms with Crippen LogP contribution in [0.4, 0.5) is 0 Å². The summed E-state index contributed by atoms with van der Waals surface area (Å²) in [6.07, 6.45) is 3.07. The van der Waals surface area contributed by atoms with Crippen molar-refractivity contribution in [3.05, 3.63) is 35.9 Å². The summed E-state index contributed by atoms with van der Waals surface area (Å²) in [6, 6.07) is 10.6. The maximum Gasteiger partial charge on any atom is 0.233 e. The number of rotatable bonds is 6. The van der Waals surface area contributed by atoms with Crippen molar-refractivity contribution in [1.29, 1.82) is 0 Å². The first-order chi connectivity index (χ1) is 11.2. The number of piperidine rings is 1. The Morgan fingerprint density at radius 1 is 1.22 bits per heavy atom. The van der Waals surface area contributed by atoms with Crippen LogP contribution >= 0.6 is 11.8 Å². The highest BCUT2D eigenvalue weighted by Crippen LogP contribution is 2.44. The van der Waals surface area contributed by atoms with Gasteiger partial charge in [0.15, 0.2) is 0 Å². The van der Waals surface area contributed by atoms with Crippen LogP contribution in [0.2, 0.25) is 0 Å². The number of thioether (sulfide) groups is 1. The number of nitrogens with zero attached hydrogens (tertiary/aromatic N) is 2. The molecule has 0 atom stereocenters. The van der Waals surface area contributed by atoms with E-state index >= 15 is 0 Å². The maximum absolute atomic E-state index is 12.3. The highest BCUT2D eigenvalue weighted by Gasteiger charge is 2.47. The summed E-state index contributed by atoms with van der Waals surface area (Å²) in [4.78, 5) is 17.0. The lowest BCUT2D eigenvalue weighted by Gasteiger charge is -2.44. The summed E-state index contributed by atoms with van der Waals surface area (Å²) in [5.74, 6) is 0.952. The molecule has 2 aliphatic heterocycles. The number of likely N-dealkylation sites (tertiary alicyclic amines) is 1. The van der Waals surface area contributed by atoms with Crippen molar-refractivity contribution in [3.8, 4) is 0 Å². The summed E-state index contributed by atoms with van der Waals surface area (Å²) >= 11 is 1.86. The SMILES string of the molecule is COCCCN1C(=O)CSC12CCN(Cc1ccccc1)CC2. The van der Waals surface area contributed by atoms with Gasteiger partial charge in [-0.05, 0) is 24.8 Å². The lowest BCUT2D eigenvalue weighted by molar-refractivity contribution is -0.131. The van der Waals surface area contributed by atoms with Gasteiger partial charge in [0.25, 0.3) is 0 Å². The van der Waals surface area contributed by atoms with E-state index in [4.69, 9.17) is 4.74 Å². The summed E-state index contributed by atoms with van der Waals surface area (Å²) in [5, 5.41) is 0. The first-order valence-electron chi connectivity index (χ1n) is 8.43. The molecule has 2 aliphatic rings. The Bertz CT molecular complexity index is 515. The minimum Gasteiger partial charge on any atom is -0.385 e. The molecule has 0 radical (unpaired) electrons. The minimum atomic E-state index is 0.0397. The van der Waals surface area contributed by atoms with Crippen LogP contribution in [0.25, 0.3) is 0 Å². The van der Waals surface area contributed by atoms with Gasteiger partial charge < -0.3 is 9.64 Å². The molecule has 126 valence electrons. The van der Waals surface area contributed by atoms with Crippen molar-refractivity contribution in [2.75, 3.05) is 39.1 Å². The lowest BCUT2D eigenvalue weighted by Crippen LogP contribution is -2.52. The van der Waals surface area contributed by atoms with Crippen LogP contribution in [0.15, 0.2) is 30.3 Å². The standard InChI is InChI=1S/C18H26N2O2S/c1-22-13-5-10-20-17(21)15-23-18(20)8-11-19(12-9-18)14-16-6-3-2-4-7-16/h2-4,6-7H,5,8-15H2,1H3. The zero-order valence-corrected chi connectivity index (χ0v) is 14.7. The Morgan fingerprint density at radius 2 is 1.96 bits per heavy atom. The van der Waals surface area contributed by atoms with Gasteiger partial charge in [-0.15, -0.1) is 11.8 Å². The maximum atomic E-state index is 12.3. The number of benzene rings is 1. The van der Waals surface area contributed by atoms with Crippen molar-refractivity contribution in [2.45, 2.75) is 30.7 Å². The number of amides is 1. The van der Waals surface area contributed by atoms with E-state index in [1.807, 2.05) is 11.8 Å². The molecule has 1 aromatic rings. The molecule has 0 aromatic heterocycles. The molecule has 3 rings (SSSR count). The largest absolute Gasteiger partial charge is 0.385 e. The van der Waals surface area contributed by atoms with Crippen LogP contribution in [0.3, 0.4) is 0 Å². The van der Waals surface area contributed by atoms with Crippen LogP contribution in [0.5, 0.6) is 0 Å². The molecular formula is C18H26N2O2S. The molecule has 1 aromatic carbocycles. The Balaban J connectivity index is 1.56. The van der Waals surface area contributed by atoms with Crippen molar-refractivity contribution in [1.82, 2.24) is 9.80 Å². The Morgan fingerprint density at radius 3 is 2.65 bits per heavy atom. The minimum absolute atomic E-state index is 0.0397. The molecule has 0 saturated carbocycles. The fourth-order valence-electron chi connectivity index (χ4n) is 3.59. The van der Waals surface area contributed by atoms with E-state index in [1.54, 1.807) is 7.11 Å². The highest BCUT2D eigenvalue weighted by molar-refractivity contribution is 8.01. The van der Waals surface area contributed by atoms with Crippen molar-refractivity contribution < 1.29 is 9.53 Å². The van der Waals surface area contributed by atoms with E-state index < -0.39 is 0 Å². The molecule has 2 fully saturated rings. The van der Waals surface area contributed by atoms with E-state index in [1.165, 1.54) is 5.56 Å². The molecule has 0 unspecified atom stereocenters. The average Bonchev–Trinajstić information content (AvgIpc) is 2.88. The third-order valence-electron chi connectivity index (χ3n) is 4.87. The predicted molar refractivity (Wildman–Crippen MR) is 94.3 cm³/mol. The summed E-state index contributed by atoms with van der Waals surface area (Å²) in [6.45, 7) is 4.70. The van der Waals surface area contributed by atoms with E-state index in [2.05, 4.69) is 40.1 Å². The number of carbonyl (C=O) groups is 1. The van der Waals surface area contributed by atoms with Gasteiger partial charge in [-0.3, -0.25) is 9.69 Å². The molecule has 23 heavy (non-hydrogen) atoms. The van der Waals surface area contributed by atoms with Gasteiger partial charge in [0.05, 0.1) is 10.6 Å². The average molecular weight is 334 g/mol. The molecule has 0 aliphatic carbocycles. The van der Waals surface area contributed by atoms with Crippen molar-refractivity contribution in [3.63, 3.8) is 0 Å². The van der Waals surface area contributed by atoms with Crippen molar-refractivity contribution in [2.24, 2.45) is 0 Å². The quantitative estimate of drug-likeness (QED) is 0.749. The van der Waals surface area contributed by atoms with Crippen LogP contribution < -0.4 is 0 Å². The molecule has 2 heterocycles. The second-order valence-corrected chi connectivity index (χ2v) is 7.73. The number of hydrogen-bond acceptors (Lipinski definition) is 4. The molecule has 1 spiro atoms. The van der Waals surface area contributed by atoms with E-state index in [0.29, 0.717) is 11.7 Å². The lowest BCUT2D eigenvalue weighted by atomic mass is 10.0. The Labute approximate surface area is 143 Å². The number of hydrogen-bond donors (Lipinski definition) is 0. The van der Waals surface area contributed by atoms with Crippen LogP contribution in [0.1, 0.15) is 24.8 Å². The fraction of sp³-hybridized carbons (Fsp3) is 0.611. The first kappa shape index (κ1) is 16.8. The van der Waals surface area contributed by atoms with Gasteiger partial charge in [0.1, 0.15) is 0 Å². The van der Waals surface area contributed by atoms with Crippen LogP contribution in [-0.4, -0.2) is 59.7 Å². The zero-order chi connectivity index (χ0) is 16.1. The predicted octanol–water partition coefficient (Wildman–Crippen LogP) is 2.59. The molecule has 5 heteroatoms. The smallest absolute Gasteiger partial charge is 0.233 e. The van der Waals surface area contributed by atoms with E-state index in [-0.39, 0.29) is 4.87 Å². The highest BCUT2D eigenvalue weighted by atomic mass is 32.2. The van der Waals surface area contributed by atoms with E-state index in [0.717, 1.165) is 52.0 Å². The van der Waals surface area contributed by atoms with Gasteiger partial charge in [-0.1, -0.05) is 30.3 Å². The monoisotopic (exact) mass is 334 g/mol. The first-order valence-corrected chi connectivity index (χ1v) is 9.42. The molecular weight excluding hydrogens is 308 g/mol. The third kappa shape index (κ3) is 3.90. The second kappa shape index (κ2) is 7.69. The third-order valence-corrected chi connectivity index (χ3v) is 6.43. The van der Waals surface area contributed by atoms with Crippen LogP contribution in [-0.2, 0) is 16.1 Å². The van der Waals surface area contributed by atoms with Crippen LogP contribution in [0, 0.1) is 0 Å². The molecule has 2 saturated heterocycles. The summed E-state index contributed by atoms with van der Waals surface area (Å²) in [5.41, 5.74) is 1.37. The second-order valence-electron chi connectivity index (χ2n) is 6.39. The fourth-order valence-corrected chi connectivity index (χ4v) is 4.96. The Hall–Kier alpha value is -1.04. The van der Waals surface area contributed by atoms with Gasteiger partial charge in [0.2, 0.25) is 5.91 Å². The van der Waals surface area contributed by atoms with Gasteiger partial charge in [-0.25, -0.2) is 0 Å². The topological polar surface area (TPSA) is 32.8 Å². The Kier molecular flexibility index (Phi) is 5.62. The molecule has 0 bridgehead atoms. The summed E-state index contributed by atoms with van der Waals surface area (Å²) < 4.78 is 5.14. The van der Waals surface area contributed by atoms with E-state index in [9.17, 15) is 4.79 Å². The zero-order valence-electron chi connectivity index (χ0n) is 13.9. The van der Waals surface area contributed by atoms with Crippen molar-refractivity contribution >= 4 is 17.7 Å². The number of ether oxygens (including phenoxy) is 1. The van der Waals surface area contributed by atoms with Gasteiger partial charge in [-0.2, -0.15) is 0 Å². The molecule has 0 N–H and O–H groups in total. The van der Waals surface area contributed by atoms with Gasteiger partial charge in [0, 0.05) is 39.9 Å². The van der Waals surface area contributed by atoms with Gasteiger partial charge >= 0.3 is 0 Å².